The van der Waals surface area contributed by atoms with Crippen LogP contribution < -0.4 is 11.1 Å². The molecule has 0 saturated carbocycles. The molecule has 1 rings (SSSR count). The molecule has 1 aromatic rings. The second kappa shape index (κ2) is 7.97. The van der Waals surface area contributed by atoms with Crippen LogP contribution in [0.25, 0.3) is 0 Å². The first kappa shape index (κ1) is 15.7. The van der Waals surface area contributed by atoms with E-state index in [4.69, 9.17) is 5.73 Å². The summed E-state index contributed by atoms with van der Waals surface area (Å²) in [6, 6.07) is 6.96. The number of hydrogen-bond acceptors (Lipinski definition) is 3. The first-order chi connectivity index (χ1) is 9.58. The zero-order chi connectivity index (χ0) is 15.0. The zero-order valence-corrected chi connectivity index (χ0v) is 11.8. The van der Waals surface area contributed by atoms with Crippen LogP contribution in [0.5, 0.6) is 0 Å². The summed E-state index contributed by atoms with van der Waals surface area (Å²) in [5, 5.41) is 2.65. The standard InChI is InChI=1S/C15H19N3O2/c1-3-17-14(19)11-18(2)15(20)13-8-4-6-12(10-13)7-5-9-16/h4,6,8,10H,3,9,11,16H2,1-2H3,(H,17,19). The highest BCUT2D eigenvalue weighted by atomic mass is 16.2. The third-order valence-corrected chi connectivity index (χ3v) is 2.55. The molecule has 3 N–H and O–H groups in total. The summed E-state index contributed by atoms with van der Waals surface area (Å²) in [6.45, 7) is 2.69. The second-order valence-corrected chi connectivity index (χ2v) is 4.20. The van der Waals surface area contributed by atoms with Crippen LogP contribution in [0.3, 0.4) is 0 Å². The van der Waals surface area contributed by atoms with Gasteiger partial charge in [-0.15, -0.1) is 0 Å². The van der Waals surface area contributed by atoms with E-state index >= 15 is 0 Å². The number of nitrogens with zero attached hydrogens (tertiary/aromatic N) is 1. The molecule has 106 valence electrons. The fourth-order valence-electron chi connectivity index (χ4n) is 1.64. The van der Waals surface area contributed by atoms with Crippen molar-refractivity contribution in [1.29, 1.82) is 0 Å². The maximum absolute atomic E-state index is 12.2. The molecule has 0 aliphatic carbocycles. The number of carbonyl (C=O) groups is 2. The Morgan fingerprint density at radius 3 is 2.80 bits per heavy atom. The van der Waals surface area contributed by atoms with Crippen molar-refractivity contribution in [2.75, 3.05) is 26.7 Å². The highest BCUT2D eigenvalue weighted by molar-refractivity contribution is 5.96. The van der Waals surface area contributed by atoms with Crippen LogP contribution in [-0.2, 0) is 4.79 Å². The molecule has 0 heterocycles. The van der Waals surface area contributed by atoms with Gasteiger partial charge in [0.05, 0.1) is 13.1 Å². The number of amides is 2. The third-order valence-electron chi connectivity index (χ3n) is 2.55. The Kier molecular flexibility index (Phi) is 6.27. The van der Waals surface area contributed by atoms with Crippen molar-refractivity contribution in [3.8, 4) is 11.8 Å². The van der Waals surface area contributed by atoms with Crippen molar-refractivity contribution in [3.63, 3.8) is 0 Å². The lowest BCUT2D eigenvalue weighted by molar-refractivity contribution is -0.121. The molecule has 0 bridgehead atoms. The van der Waals surface area contributed by atoms with Gasteiger partial charge in [-0.1, -0.05) is 17.9 Å². The summed E-state index contributed by atoms with van der Waals surface area (Å²) in [5.74, 6) is 5.22. The van der Waals surface area contributed by atoms with Crippen molar-refractivity contribution < 1.29 is 9.59 Å². The van der Waals surface area contributed by atoms with E-state index in [1.807, 2.05) is 13.0 Å². The monoisotopic (exact) mass is 273 g/mol. The fourth-order valence-corrected chi connectivity index (χ4v) is 1.64. The van der Waals surface area contributed by atoms with Gasteiger partial charge >= 0.3 is 0 Å². The summed E-state index contributed by atoms with van der Waals surface area (Å²) in [7, 11) is 1.59. The van der Waals surface area contributed by atoms with Crippen molar-refractivity contribution in [2.24, 2.45) is 5.73 Å². The molecule has 20 heavy (non-hydrogen) atoms. The van der Waals surface area contributed by atoms with E-state index in [-0.39, 0.29) is 24.9 Å². The summed E-state index contributed by atoms with van der Waals surface area (Å²) in [5.41, 5.74) is 6.54. The fraction of sp³-hybridized carbons (Fsp3) is 0.333. The van der Waals surface area contributed by atoms with Crippen molar-refractivity contribution in [2.45, 2.75) is 6.92 Å². The van der Waals surface area contributed by atoms with Crippen LogP contribution >= 0.6 is 0 Å². The summed E-state index contributed by atoms with van der Waals surface area (Å²) >= 11 is 0. The topological polar surface area (TPSA) is 75.4 Å². The van der Waals surface area contributed by atoms with Gasteiger partial charge < -0.3 is 16.0 Å². The molecular weight excluding hydrogens is 254 g/mol. The minimum absolute atomic E-state index is 0.0331. The second-order valence-electron chi connectivity index (χ2n) is 4.20. The van der Waals surface area contributed by atoms with Crippen LogP contribution in [0.4, 0.5) is 0 Å². The smallest absolute Gasteiger partial charge is 0.254 e. The van der Waals surface area contributed by atoms with Gasteiger partial charge in [-0.05, 0) is 25.1 Å². The first-order valence-electron chi connectivity index (χ1n) is 6.39. The minimum atomic E-state index is -0.215. The lowest BCUT2D eigenvalue weighted by Crippen LogP contribution is -2.38. The number of nitrogens with two attached hydrogens (primary N) is 1. The molecule has 0 unspecified atom stereocenters. The molecule has 5 nitrogen and oxygen atoms in total. The van der Waals surface area contributed by atoms with Gasteiger partial charge in [-0.2, -0.15) is 0 Å². The molecule has 0 spiro atoms. The Morgan fingerprint density at radius 1 is 1.40 bits per heavy atom. The number of carbonyl (C=O) groups excluding carboxylic acids is 2. The highest BCUT2D eigenvalue weighted by Crippen LogP contribution is 2.07. The molecule has 2 amide bonds. The maximum Gasteiger partial charge on any atom is 0.254 e. The minimum Gasteiger partial charge on any atom is -0.355 e. The molecule has 0 aromatic heterocycles. The van der Waals surface area contributed by atoms with Crippen molar-refractivity contribution in [3.05, 3.63) is 35.4 Å². The van der Waals surface area contributed by atoms with E-state index in [1.165, 1.54) is 4.90 Å². The Hall–Kier alpha value is -2.32. The molecule has 5 heteroatoms. The van der Waals surface area contributed by atoms with Crippen LogP contribution in [0.2, 0.25) is 0 Å². The number of likely N-dealkylation sites (N-methyl/N-ethyl adjacent to an activating group) is 2. The van der Waals surface area contributed by atoms with Crippen LogP contribution in [0.15, 0.2) is 24.3 Å². The third kappa shape index (κ3) is 4.75. The van der Waals surface area contributed by atoms with Crippen LogP contribution in [0.1, 0.15) is 22.8 Å². The summed E-state index contributed by atoms with van der Waals surface area (Å²) < 4.78 is 0. The lowest BCUT2D eigenvalue weighted by Gasteiger charge is -2.16. The molecule has 0 fully saturated rings. The van der Waals surface area contributed by atoms with Gasteiger partial charge in [0.1, 0.15) is 0 Å². The Labute approximate surface area is 119 Å². The molecule has 0 atom stereocenters. The molecule has 0 radical (unpaired) electrons. The molecule has 1 aromatic carbocycles. The number of nitrogens with one attached hydrogen (secondary N) is 1. The van der Waals surface area contributed by atoms with Gasteiger partial charge in [0, 0.05) is 24.7 Å². The Morgan fingerprint density at radius 2 is 2.15 bits per heavy atom. The zero-order valence-electron chi connectivity index (χ0n) is 11.8. The van der Waals surface area contributed by atoms with E-state index in [0.29, 0.717) is 12.1 Å². The predicted molar refractivity (Wildman–Crippen MR) is 78.0 cm³/mol. The summed E-state index contributed by atoms with van der Waals surface area (Å²) in [4.78, 5) is 25.0. The van der Waals surface area contributed by atoms with Crippen LogP contribution in [-0.4, -0.2) is 43.4 Å². The molecule has 0 saturated heterocycles. The van der Waals surface area contributed by atoms with Crippen molar-refractivity contribution in [1.82, 2.24) is 10.2 Å². The quantitative estimate of drug-likeness (QED) is 0.770. The first-order valence-corrected chi connectivity index (χ1v) is 6.39. The van der Waals surface area contributed by atoms with Crippen LogP contribution in [0, 0.1) is 11.8 Å². The SMILES string of the molecule is CCNC(=O)CN(C)C(=O)c1cccc(C#CCN)c1. The Balaban J connectivity index is 2.78. The van der Waals surface area contributed by atoms with E-state index in [2.05, 4.69) is 17.2 Å². The highest BCUT2D eigenvalue weighted by Gasteiger charge is 2.14. The number of benzene rings is 1. The molecule has 0 aliphatic heterocycles. The van der Waals surface area contributed by atoms with Gasteiger partial charge in [-0.25, -0.2) is 0 Å². The van der Waals surface area contributed by atoms with E-state index < -0.39 is 0 Å². The maximum atomic E-state index is 12.2. The predicted octanol–water partition coefficient (Wildman–Crippen LogP) is 0.205. The number of hydrogen-bond donors (Lipinski definition) is 2. The molecular formula is C15H19N3O2. The van der Waals surface area contributed by atoms with E-state index in [9.17, 15) is 9.59 Å². The summed E-state index contributed by atoms with van der Waals surface area (Å²) in [6.07, 6.45) is 0. The van der Waals surface area contributed by atoms with Crippen molar-refractivity contribution >= 4 is 11.8 Å². The van der Waals surface area contributed by atoms with E-state index in [1.54, 1.807) is 25.2 Å². The van der Waals surface area contributed by atoms with Gasteiger partial charge in [0.2, 0.25) is 5.91 Å². The normalized spacial score (nSPS) is 9.35. The van der Waals surface area contributed by atoms with E-state index in [0.717, 1.165) is 5.56 Å². The Bertz CT molecular complexity index is 544. The molecule has 0 aliphatic rings. The van der Waals surface area contributed by atoms with Gasteiger partial charge in [0.25, 0.3) is 5.91 Å². The van der Waals surface area contributed by atoms with Gasteiger partial charge in [-0.3, -0.25) is 9.59 Å². The lowest BCUT2D eigenvalue weighted by atomic mass is 10.1. The van der Waals surface area contributed by atoms with Gasteiger partial charge in [0.15, 0.2) is 0 Å². The average Bonchev–Trinajstić information content (AvgIpc) is 2.44. The number of rotatable bonds is 4. The average molecular weight is 273 g/mol. The largest absolute Gasteiger partial charge is 0.355 e.